The van der Waals surface area contributed by atoms with Crippen LogP contribution < -0.4 is 5.32 Å². The van der Waals surface area contributed by atoms with E-state index in [2.05, 4.69) is 45.1 Å². The zero-order valence-corrected chi connectivity index (χ0v) is 12.0. The summed E-state index contributed by atoms with van der Waals surface area (Å²) in [7, 11) is 0. The SMILES string of the molecule is CC(C)CCCCNc1ncnc(Cl)c1Br. The van der Waals surface area contributed by atoms with Gasteiger partial charge in [0.1, 0.15) is 17.3 Å². The fourth-order valence-electron chi connectivity index (χ4n) is 1.36. The van der Waals surface area contributed by atoms with E-state index < -0.39 is 0 Å². The van der Waals surface area contributed by atoms with Crippen molar-refractivity contribution < 1.29 is 0 Å². The molecule has 90 valence electrons. The first-order valence-corrected chi connectivity index (χ1v) is 6.68. The van der Waals surface area contributed by atoms with E-state index in [0.29, 0.717) is 5.15 Å². The fourth-order valence-corrected chi connectivity index (χ4v) is 1.83. The minimum absolute atomic E-state index is 0.444. The largest absolute Gasteiger partial charge is 0.369 e. The first-order valence-electron chi connectivity index (χ1n) is 5.51. The van der Waals surface area contributed by atoms with E-state index in [1.165, 1.54) is 19.2 Å². The van der Waals surface area contributed by atoms with Gasteiger partial charge < -0.3 is 5.32 Å². The smallest absolute Gasteiger partial charge is 0.148 e. The second-order valence-electron chi connectivity index (χ2n) is 4.14. The maximum atomic E-state index is 5.86. The van der Waals surface area contributed by atoms with Crippen LogP contribution in [0.3, 0.4) is 0 Å². The molecule has 1 N–H and O–H groups in total. The maximum Gasteiger partial charge on any atom is 0.148 e. The van der Waals surface area contributed by atoms with Gasteiger partial charge in [-0.05, 0) is 28.3 Å². The Hall–Kier alpha value is -0.350. The summed E-state index contributed by atoms with van der Waals surface area (Å²) in [5.74, 6) is 1.55. The van der Waals surface area contributed by atoms with Crippen molar-refractivity contribution >= 4 is 33.3 Å². The Labute approximate surface area is 110 Å². The van der Waals surface area contributed by atoms with Crippen molar-refractivity contribution in [3.8, 4) is 0 Å². The van der Waals surface area contributed by atoms with Crippen molar-refractivity contribution in [1.82, 2.24) is 9.97 Å². The lowest BCUT2D eigenvalue weighted by Gasteiger charge is -2.08. The molecule has 0 amide bonds. The highest BCUT2D eigenvalue weighted by Crippen LogP contribution is 2.25. The van der Waals surface area contributed by atoms with Gasteiger partial charge in [0.05, 0.1) is 4.47 Å². The lowest BCUT2D eigenvalue weighted by Crippen LogP contribution is -2.05. The van der Waals surface area contributed by atoms with Crippen molar-refractivity contribution in [2.45, 2.75) is 33.1 Å². The Kier molecular flexibility index (Phi) is 6.06. The molecule has 1 heterocycles. The van der Waals surface area contributed by atoms with E-state index in [0.717, 1.165) is 29.2 Å². The molecule has 0 bridgehead atoms. The molecule has 1 aromatic rings. The summed E-state index contributed by atoms with van der Waals surface area (Å²) in [6, 6.07) is 0. The average molecular weight is 307 g/mol. The Bertz CT molecular complexity index is 331. The lowest BCUT2D eigenvalue weighted by atomic mass is 10.1. The number of aromatic nitrogens is 2. The molecule has 0 saturated heterocycles. The highest BCUT2D eigenvalue weighted by molar-refractivity contribution is 9.10. The van der Waals surface area contributed by atoms with Gasteiger partial charge in [0.25, 0.3) is 0 Å². The standard InChI is InChI=1S/C11H17BrClN3/c1-8(2)5-3-4-6-14-11-9(12)10(13)15-7-16-11/h7-8H,3-6H2,1-2H3,(H,14,15,16). The molecule has 0 aromatic carbocycles. The van der Waals surface area contributed by atoms with Gasteiger partial charge in [0.2, 0.25) is 0 Å². The van der Waals surface area contributed by atoms with E-state index in [4.69, 9.17) is 11.6 Å². The fraction of sp³-hybridized carbons (Fsp3) is 0.636. The predicted molar refractivity (Wildman–Crippen MR) is 71.9 cm³/mol. The van der Waals surface area contributed by atoms with Crippen molar-refractivity contribution in [2.75, 3.05) is 11.9 Å². The number of nitrogens with one attached hydrogen (secondary N) is 1. The normalized spacial score (nSPS) is 10.8. The number of halogens is 2. The number of unbranched alkanes of at least 4 members (excludes halogenated alkanes) is 1. The van der Waals surface area contributed by atoms with E-state index in [1.807, 2.05) is 0 Å². The zero-order chi connectivity index (χ0) is 12.0. The van der Waals surface area contributed by atoms with Crippen LogP contribution in [0.4, 0.5) is 5.82 Å². The van der Waals surface area contributed by atoms with E-state index >= 15 is 0 Å². The summed E-state index contributed by atoms with van der Waals surface area (Å²) in [5, 5.41) is 3.69. The van der Waals surface area contributed by atoms with Crippen molar-refractivity contribution in [3.05, 3.63) is 16.0 Å². The quantitative estimate of drug-likeness (QED) is 0.634. The summed E-state index contributed by atoms with van der Waals surface area (Å²) < 4.78 is 0.737. The zero-order valence-electron chi connectivity index (χ0n) is 9.63. The molecule has 5 heteroatoms. The second-order valence-corrected chi connectivity index (χ2v) is 5.29. The maximum absolute atomic E-state index is 5.86. The minimum Gasteiger partial charge on any atom is -0.369 e. The summed E-state index contributed by atoms with van der Waals surface area (Å²) in [5.41, 5.74) is 0. The first kappa shape index (κ1) is 13.7. The van der Waals surface area contributed by atoms with Crippen LogP contribution >= 0.6 is 27.5 Å². The van der Waals surface area contributed by atoms with Crippen LogP contribution in [0.1, 0.15) is 33.1 Å². The first-order chi connectivity index (χ1) is 7.61. The molecule has 16 heavy (non-hydrogen) atoms. The van der Waals surface area contributed by atoms with Gasteiger partial charge in [-0.2, -0.15) is 0 Å². The van der Waals surface area contributed by atoms with Crippen LogP contribution in [-0.4, -0.2) is 16.5 Å². The molecule has 0 radical (unpaired) electrons. The molecule has 0 fully saturated rings. The number of hydrogen-bond donors (Lipinski definition) is 1. The van der Waals surface area contributed by atoms with Crippen LogP contribution in [-0.2, 0) is 0 Å². The van der Waals surface area contributed by atoms with E-state index in [-0.39, 0.29) is 0 Å². The van der Waals surface area contributed by atoms with Crippen LogP contribution in [0.25, 0.3) is 0 Å². The summed E-state index contributed by atoms with van der Waals surface area (Å²) >= 11 is 9.21. The molecule has 0 aliphatic rings. The lowest BCUT2D eigenvalue weighted by molar-refractivity contribution is 0.544. The van der Waals surface area contributed by atoms with Crippen LogP contribution in [0.5, 0.6) is 0 Å². The number of anilines is 1. The Morgan fingerprint density at radius 1 is 1.38 bits per heavy atom. The van der Waals surface area contributed by atoms with Gasteiger partial charge in [0.15, 0.2) is 0 Å². The third kappa shape index (κ3) is 4.66. The molecule has 3 nitrogen and oxygen atoms in total. The third-order valence-electron chi connectivity index (χ3n) is 2.25. The molecule has 1 rings (SSSR count). The molecular weight excluding hydrogens is 289 g/mol. The van der Waals surface area contributed by atoms with Crippen LogP contribution in [0.15, 0.2) is 10.8 Å². The van der Waals surface area contributed by atoms with Crippen molar-refractivity contribution in [2.24, 2.45) is 5.92 Å². The minimum atomic E-state index is 0.444. The Morgan fingerprint density at radius 2 is 2.12 bits per heavy atom. The predicted octanol–water partition coefficient (Wildman–Crippen LogP) is 4.13. The highest BCUT2D eigenvalue weighted by Gasteiger charge is 2.05. The van der Waals surface area contributed by atoms with Gasteiger partial charge in [-0.25, -0.2) is 9.97 Å². The molecule has 0 aliphatic heterocycles. The molecule has 0 saturated carbocycles. The van der Waals surface area contributed by atoms with Gasteiger partial charge in [-0.1, -0.05) is 38.3 Å². The van der Waals surface area contributed by atoms with Gasteiger partial charge in [-0.3, -0.25) is 0 Å². The molecule has 0 atom stereocenters. The van der Waals surface area contributed by atoms with Crippen LogP contribution in [0.2, 0.25) is 5.15 Å². The van der Waals surface area contributed by atoms with Crippen molar-refractivity contribution in [3.63, 3.8) is 0 Å². The summed E-state index contributed by atoms with van der Waals surface area (Å²) in [4.78, 5) is 7.99. The molecule has 0 spiro atoms. The van der Waals surface area contributed by atoms with E-state index in [1.54, 1.807) is 0 Å². The Balaban J connectivity index is 2.29. The summed E-state index contributed by atoms with van der Waals surface area (Å²) in [6.45, 7) is 5.40. The molecule has 0 aliphatic carbocycles. The van der Waals surface area contributed by atoms with Crippen LogP contribution in [0, 0.1) is 5.92 Å². The van der Waals surface area contributed by atoms with Gasteiger partial charge in [0, 0.05) is 6.54 Å². The number of rotatable bonds is 6. The summed E-state index contributed by atoms with van der Waals surface area (Å²) in [6.07, 6.45) is 5.12. The Morgan fingerprint density at radius 3 is 2.81 bits per heavy atom. The second kappa shape index (κ2) is 7.07. The van der Waals surface area contributed by atoms with Gasteiger partial charge in [-0.15, -0.1) is 0 Å². The molecule has 1 aromatic heterocycles. The molecular formula is C11H17BrClN3. The van der Waals surface area contributed by atoms with Gasteiger partial charge >= 0.3 is 0 Å². The van der Waals surface area contributed by atoms with Crippen molar-refractivity contribution in [1.29, 1.82) is 0 Å². The highest BCUT2D eigenvalue weighted by atomic mass is 79.9. The number of nitrogens with zero attached hydrogens (tertiary/aromatic N) is 2. The van der Waals surface area contributed by atoms with E-state index in [9.17, 15) is 0 Å². The number of hydrogen-bond acceptors (Lipinski definition) is 3. The molecule has 0 unspecified atom stereocenters. The monoisotopic (exact) mass is 305 g/mol. The topological polar surface area (TPSA) is 37.8 Å². The average Bonchev–Trinajstić information content (AvgIpc) is 2.23. The third-order valence-corrected chi connectivity index (χ3v) is 3.51.